The molecule has 3 heterocycles. The Balaban J connectivity index is 1.68. The summed E-state index contributed by atoms with van der Waals surface area (Å²) in [7, 11) is 0. The van der Waals surface area contributed by atoms with Gasteiger partial charge in [0.1, 0.15) is 17.4 Å². The number of para-hydroxylation sites is 2. The van der Waals surface area contributed by atoms with E-state index in [0.717, 1.165) is 16.3 Å². The molecule has 0 aliphatic carbocycles. The zero-order chi connectivity index (χ0) is 16.8. The predicted octanol–water partition coefficient (Wildman–Crippen LogP) is 4.98. The van der Waals surface area contributed by atoms with Crippen LogP contribution in [0.3, 0.4) is 0 Å². The fraction of sp³-hybridized carbons (Fsp3) is 0. The van der Waals surface area contributed by atoms with Gasteiger partial charge in [0, 0.05) is 10.8 Å². The van der Waals surface area contributed by atoms with Crippen molar-refractivity contribution in [2.75, 3.05) is 0 Å². The van der Waals surface area contributed by atoms with Gasteiger partial charge in [-0.15, -0.1) is 10.2 Å². The summed E-state index contributed by atoms with van der Waals surface area (Å²) in [5.41, 5.74) is 3.00. The average molecular weight is 329 g/mol. The summed E-state index contributed by atoms with van der Waals surface area (Å²) in [6.07, 6.45) is 1.42. The molecular weight excluding hydrogens is 318 g/mol. The minimum absolute atomic E-state index is 0.0418. The quantitative estimate of drug-likeness (QED) is 0.446. The fourth-order valence-corrected chi connectivity index (χ4v) is 2.89. The minimum atomic E-state index is -0.0418. The number of hydrogen-bond acceptors (Lipinski definition) is 6. The van der Waals surface area contributed by atoms with Crippen molar-refractivity contribution < 1.29 is 9.52 Å². The molecule has 2 aromatic carbocycles. The van der Waals surface area contributed by atoms with Crippen molar-refractivity contribution in [2.24, 2.45) is 10.2 Å². The molecule has 2 N–H and O–H groups in total. The molecular formula is C18H11N5O2. The molecule has 120 valence electrons. The summed E-state index contributed by atoms with van der Waals surface area (Å²) in [5.74, 6) is 0.269. The van der Waals surface area contributed by atoms with E-state index in [1.54, 1.807) is 0 Å². The third-order valence-electron chi connectivity index (χ3n) is 4.04. The third kappa shape index (κ3) is 2.06. The van der Waals surface area contributed by atoms with E-state index in [1.165, 1.54) is 6.33 Å². The first-order chi connectivity index (χ1) is 12.3. The van der Waals surface area contributed by atoms with Gasteiger partial charge in [0.15, 0.2) is 11.3 Å². The Hall–Kier alpha value is -3.74. The third-order valence-corrected chi connectivity index (χ3v) is 4.04. The average Bonchev–Trinajstić information content (AvgIpc) is 3.17. The Morgan fingerprint density at radius 2 is 1.72 bits per heavy atom. The van der Waals surface area contributed by atoms with Crippen molar-refractivity contribution in [3.63, 3.8) is 0 Å². The van der Waals surface area contributed by atoms with Gasteiger partial charge < -0.3 is 14.5 Å². The van der Waals surface area contributed by atoms with E-state index < -0.39 is 0 Å². The van der Waals surface area contributed by atoms with E-state index >= 15 is 0 Å². The minimum Gasteiger partial charge on any atom is -0.493 e. The van der Waals surface area contributed by atoms with E-state index in [2.05, 4.69) is 25.2 Å². The van der Waals surface area contributed by atoms with Crippen LogP contribution in [0.4, 0.5) is 11.5 Å². The smallest absolute Gasteiger partial charge is 0.221 e. The van der Waals surface area contributed by atoms with E-state index in [-0.39, 0.29) is 5.88 Å². The zero-order valence-electron chi connectivity index (χ0n) is 12.8. The molecule has 0 saturated carbocycles. The van der Waals surface area contributed by atoms with Gasteiger partial charge in [-0.3, -0.25) is 0 Å². The second-order valence-corrected chi connectivity index (χ2v) is 5.54. The molecule has 0 aliphatic rings. The molecule has 0 unspecified atom stereocenters. The fourth-order valence-electron chi connectivity index (χ4n) is 2.89. The lowest BCUT2D eigenvalue weighted by Crippen LogP contribution is -1.78. The van der Waals surface area contributed by atoms with Crippen LogP contribution < -0.4 is 0 Å². The van der Waals surface area contributed by atoms with Gasteiger partial charge in [0.2, 0.25) is 11.7 Å². The van der Waals surface area contributed by atoms with Gasteiger partial charge in [-0.1, -0.05) is 30.3 Å². The molecule has 0 bridgehead atoms. The van der Waals surface area contributed by atoms with Crippen LogP contribution in [0, 0.1) is 0 Å². The lowest BCUT2D eigenvalue weighted by molar-refractivity contribution is 0.459. The van der Waals surface area contributed by atoms with Crippen molar-refractivity contribution in [2.45, 2.75) is 0 Å². The number of hydrogen-bond donors (Lipinski definition) is 2. The van der Waals surface area contributed by atoms with E-state index in [0.29, 0.717) is 28.2 Å². The number of aromatic amines is 1. The normalized spacial score (nSPS) is 12.0. The molecule has 0 fully saturated rings. The highest BCUT2D eigenvalue weighted by atomic mass is 16.3. The molecule has 5 aromatic rings. The maximum absolute atomic E-state index is 10.1. The van der Waals surface area contributed by atoms with Crippen LogP contribution in [-0.4, -0.2) is 20.1 Å². The topological polar surface area (TPSA) is 99.7 Å². The first-order valence-corrected chi connectivity index (χ1v) is 7.65. The summed E-state index contributed by atoms with van der Waals surface area (Å²) in [5, 5.41) is 20.1. The van der Waals surface area contributed by atoms with Crippen LogP contribution in [0.1, 0.15) is 0 Å². The second-order valence-electron chi connectivity index (χ2n) is 5.54. The molecule has 0 radical (unpaired) electrons. The maximum atomic E-state index is 10.1. The summed E-state index contributed by atoms with van der Waals surface area (Å²) in [6, 6.07) is 15.1. The van der Waals surface area contributed by atoms with Gasteiger partial charge in [0.05, 0.1) is 5.52 Å². The molecule has 0 atom stereocenters. The highest BCUT2D eigenvalue weighted by Crippen LogP contribution is 2.37. The highest BCUT2D eigenvalue weighted by molar-refractivity contribution is 6.05. The Morgan fingerprint density at radius 1 is 0.920 bits per heavy atom. The molecule has 0 amide bonds. The standard InChI is InChI=1S/C18H11N5O2/c24-18-15(10-5-1-3-7-12(10)21-18)22-23-17-16-14(19-9-20-17)11-6-2-4-8-13(11)25-16/h1-9,21,24H. The Morgan fingerprint density at radius 3 is 2.64 bits per heavy atom. The van der Waals surface area contributed by atoms with Gasteiger partial charge >= 0.3 is 0 Å². The molecule has 0 saturated heterocycles. The van der Waals surface area contributed by atoms with Crippen molar-refractivity contribution >= 4 is 44.5 Å². The second kappa shape index (κ2) is 5.13. The Bertz CT molecular complexity index is 1270. The highest BCUT2D eigenvalue weighted by Gasteiger charge is 2.14. The zero-order valence-corrected chi connectivity index (χ0v) is 12.8. The number of benzene rings is 2. The van der Waals surface area contributed by atoms with E-state index in [1.807, 2.05) is 48.5 Å². The number of nitrogens with zero attached hydrogens (tertiary/aromatic N) is 4. The lowest BCUT2D eigenvalue weighted by Gasteiger charge is -1.93. The Labute approximate surface area is 140 Å². The van der Waals surface area contributed by atoms with Crippen molar-refractivity contribution in [3.8, 4) is 5.88 Å². The van der Waals surface area contributed by atoms with Crippen LogP contribution in [0.5, 0.6) is 5.88 Å². The van der Waals surface area contributed by atoms with Gasteiger partial charge in [-0.05, 0) is 18.2 Å². The number of aromatic hydroxyl groups is 1. The number of rotatable bonds is 2. The van der Waals surface area contributed by atoms with Gasteiger partial charge in [-0.25, -0.2) is 9.97 Å². The monoisotopic (exact) mass is 329 g/mol. The van der Waals surface area contributed by atoms with E-state index in [9.17, 15) is 5.11 Å². The summed E-state index contributed by atoms with van der Waals surface area (Å²) in [4.78, 5) is 11.3. The lowest BCUT2D eigenvalue weighted by atomic mass is 10.2. The van der Waals surface area contributed by atoms with Crippen LogP contribution in [0.15, 0.2) is 69.5 Å². The maximum Gasteiger partial charge on any atom is 0.221 e. The van der Waals surface area contributed by atoms with Crippen molar-refractivity contribution in [1.82, 2.24) is 15.0 Å². The van der Waals surface area contributed by atoms with Crippen LogP contribution in [0.2, 0.25) is 0 Å². The largest absolute Gasteiger partial charge is 0.493 e. The summed E-state index contributed by atoms with van der Waals surface area (Å²) in [6.45, 7) is 0. The molecule has 25 heavy (non-hydrogen) atoms. The number of H-pyrrole nitrogens is 1. The molecule has 3 aromatic heterocycles. The Kier molecular flexibility index (Phi) is 2.81. The number of azo groups is 1. The molecule has 0 spiro atoms. The number of nitrogens with one attached hydrogen (secondary N) is 1. The van der Waals surface area contributed by atoms with Crippen LogP contribution in [-0.2, 0) is 0 Å². The first kappa shape index (κ1) is 13.7. The van der Waals surface area contributed by atoms with Crippen molar-refractivity contribution in [1.29, 1.82) is 0 Å². The SMILES string of the molecule is Oc1[nH]c2ccccc2c1N=Nc1ncnc2c1oc1ccccc12. The number of aromatic nitrogens is 3. The van der Waals surface area contributed by atoms with Crippen molar-refractivity contribution in [3.05, 3.63) is 54.9 Å². The van der Waals surface area contributed by atoms with Gasteiger partial charge in [0.25, 0.3) is 0 Å². The first-order valence-electron chi connectivity index (χ1n) is 7.65. The molecule has 5 rings (SSSR count). The summed E-state index contributed by atoms with van der Waals surface area (Å²) < 4.78 is 5.82. The molecule has 7 nitrogen and oxygen atoms in total. The van der Waals surface area contributed by atoms with Gasteiger partial charge in [-0.2, -0.15) is 0 Å². The van der Waals surface area contributed by atoms with Crippen LogP contribution in [0.25, 0.3) is 33.0 Å². The van der Waals surface area contributed by atoms with Crippen LogP contribution >= 0.6 is 0 Å². The number of furan rings is 1. The molecule has 7 heteroatoms. The predicted molar refractivity (Wildman–Crippen MR) is 93.4 cm³/mol. The summed E-state index contributed by atoms with van der Waals surface area (Å²) >= 11 is 0. The van der Waals surface area contributed by atoms with E-state index in [4.69, 9.17) is 4.42 Å². The molecule has 0 aliphatic heterocycles. The number of fused-ring (bicyclic) bond motifs is 4.